The van der Waals surface area contributed by atoms with Gasteiger partial charge in [-0.3, -0.25) is 4.79 Å². The minimum atomic E-state index is -0.323. The van der Waals surface area contributed by atoms with Crippen molar-refractivity contribution in [1.82, 2.24) is 30.7 Å². The number of aromatic amines is 1. The molecule has 0 fully saturated rings. The molecule has 10 heteroatoms. The molecule has 4 rings (SSSR count). The molecule has 1 amide bonds. The molecule has 2 aromatic carbocycles. The van der Waals surface area contributed by atoms with Crippen molar-refractivity contribution in [3.63, 3.8) is 0 Å². The van der Waals surface area contributed by atoms with E-state index in [4.69, 9.17) is 19.4 Å². The Hall–Kier alpha value is -4.21. The summed E-state index contributed by atoms with van der Waals surface area (Å²) in [7, 11) is 0. The summed E-state index contributed by atoms with van der Waals surface area (Å²) in [4.78, 5) is 21.6. The zero-order valence-corrected chi connectivity index (χ0v) is 19.5. The van der Waals surface area contributed by atoms with Crippen LogP contribution in [0.1, 0.15) is 27.7 Å². The van der Waals surface area contributed by atoms with Crippen molar-refractivity contribution in [2.24, 2.45) is 0 Å². The first kappa shape index (κ1) is 23.0. The van der Waals surface area contributed by atoms with Gasteiger partial charge in [-0.1, -0.05) is 12.1 Å². The number of anilines is 2. The van der Waals surface area contributed by atoms with Crippen LogP contribution < -0.4 is 20.1 Å². The van der Waals surface area contributed by atoms with Gasteiger partial charge in [0.05, 0.1) is 18.3 Å². The van der Waals surface area contributed by atoms with Crippen molar-refractivity contribution in [1.29, 1.82) is 0 Å². The lowest BCUT2D eigenvalue weighted by Gasteiger charge is -2.20. The van der Waals surface area contributed by atoms with Crippen molar-refractivity contribution in [3.8, 4) is 22.9 Å². The maximum atomic E-state index is 12.1. The Bertz CT molecular complexity index is 1280. The van der Waals surface area contributed by atoms with E-state index in [1.807, 2.05) is 58.0 Å². The molecule has 0 aliphatic heterocycles. The number of aromatic nitrogens is 5. The predicted octanol–water partition coefficient (Wildman–Crippen LogP) is 3.85. The van der Waals surface area contributed by atoms with Crippen molar-refractivity contribution >= 4 is 28.4 Å². The molecule has 0 radical (unpaired) electrons. The third-order valence-corrected chi connectivity index (χ3v) is 4.62. The smallest absolute Gasteiger partial charge is 0.258 e. The van der Waals surface area contributed by atoms with Crippen LogP contribution in [0.3, 0.4) is 0 Å². The van der Waals surface area contributed by atoms with Crippen LogP contribution in [0.4, 0.5) is 11.6 Å². The number of carbonyl (C=O) groups is 1. The highest BCUT2D eigenvalue weighted by Gasteiger charge is 2.15. The van der Waals surface area contributed by atoms with E-state index in [1.165, 1.54) is 0 Å². The van der Waals surface area contributed by atoms with Crippen LogP contribution in [0, 0.1) is 0 Å². The fraction of sp³-hybridized carbons (Fsp3) is 0.292. The van der Waals surface area contributed by atoms with Crippen LogP contribution in [0.5, 0.6) is 11.5 Å². The largest absolute Gasteiger partial charge is 0.494 e. The Kier molecular flexibility index (Phi) is 6.58. The zero-order chi connectivity index (χ0) is 24.1. The first-order chi connectivity index (χ1) is 16.3. The lowest BCUT2D eigenvalue weighted by molar-refractivity contribution is -0.124. The van der Waals surface area contributed by atoms with E-state index in [2.05, 4.69) is 26.0 Å². The quantitative estimate of drug-likeness (QED) is 0.361. The Morgan fingerprint density at radius 3 is 2.62 bits per heavy atom. The van der Waals surface area contributed by atoms with E-state index in [0.29, 0.717) is 29.8 Å². The molecule has 0 saturated carbocycles. The molecule has 0 bridgehead atoms. The van der Waals surface area contributed by atoms with Crippen LogP contribution in [0.2, 0.25) is 0 Å². The van der Waals surface area contributed by atoms with Gasteiger partial charge in [-0.25, -0.2) is 9.97 Å². The van der Waals surface area contributed by atoms with Crippen LogP contribution >= 0.6 is 0 Å². The monoisotopic (exact) mass is 461 g/mol. The molecule has 0 aliphatic rings. The average molecular weight is 462 g/mol. The van der Waals surface area contributed by atoms with Crippen LogP contribution in [0.25, 0.3) is 22.3 Å². The standard InChI is InChI=1S/C24H27N7O3/c1-5-33-17-9-10-19-18(12-17)23(27-20-13-25-31-30-20)28-22(26-19)15-7-6-8-16(11-15)34-14-21(32)29-24(2,3)4/h6-13H,5,14H2,1-4H3,(H,29,32)(H2,25,26,27,28,30,31). The molecule has 2 heterocycles. The molecule has 4 aromatic rings. The number of hydrogen-bond donors (Lipinski definition) is 3. The van der Waals surface area contributed by atoms with Gasteiger partial charge in [-0.05, 0) is 58.0 Å². The molecule has 34 heavy (non-hydrogen) atoms. The number of rotatable bonds is 8. The maximum absolute atomic E-state index is 12.1. The minimum Gasteiger partial charge on any atom is -0.494 e. The molecule has 0 saturated heterocycles. The molecule has 0 unspecified atom stereocenters. The van der Waals surface area contributed by atoms with Crippen molar-refractivity contribution in [2.45, 2.75) is 33.2 Å². The zero-order valence-electron chi connectivity index (χ0n) is 19.5. The summed E-state index contributed by atoms with van der Waals surface area (Å²) in [5, 5.41) is 17.3. The Morgan fingerprint density at radius 1 is 1.06 bits per heavy atom. The van der Waals surface area contributed by atoms with Crippen LogP contribution in [-0.4, -0.2) is 50.0 Å². The number of carbonyl (C=O) groups excluding carboxylic acids is 1. The molecule has 0 aliphatic carbocycles. The summed E-state index contributed by atoms with van der Waals surface area (Å²) < 4.78 is 11.3. The van der Waals surface area contributed by atoms with Gasteiger partial charge in [0.1, 0.15) is 17.3 Å². The van der Waals surface area contributed by atoms with E-state index in [-0.39, 0.29) is 18.1 Å². The molecule has 10 nitrogen and oxygen atoms in total. The Labute approximate surface area is 197 Å². The van der Waals surface area contributed by atoms with Gasteiger partial charge in [0, 0.05) is 16.5 Å². The average Bonchev–Trinajstić information content (AvgIpc) is 3.30. The number of nitrogens with one attached hydrogen (secondary N) is 3. The van der Waals surface area contributed by atoms with Gasteiger partial charge in [0.2, 0.25) is 0 Å². The van der Waals surface area contributed by atoms with Crippen molar-refractivity contribution in [3.05, 3.63) is 48.7 Å². The van der Waals surface area contributed by atoms with E-state index in [9.17, 15) is 4.79 Å². The van der Waals surface area contributed by atoms with Gasteiger partial charge >= 0.3 is 0 Å². The number of benzene rings is 2. The van der Waals surface area contributed by atoms with Gasteiger partial charge < -0.3 is 20.1 Å². The molecule has 2 aromatic heterocycles. The second-order valence-corrected chi connectivity index (χ2v) is 8.60. The Balaban J connectivity index is 1.65. The van der Waals surface area contributed by atoms with Crippen molar-refractivity contribution < 1.29 is 14.3 Å². The second kappa shape index (κ2) is 9.74. The summed E-state index contributed by atoms with van der Waals surface area (Å²) >= 11 is 0. The van der Waals surface area contributed by atoms with E-state index < -0.39 is 0 Å². The predicted molar refractivity (Wildman–Crippen MR) is 129 cm³/mol. The number of ether oxygens (including phenoxy) is 2. The third kappa shape index (κ3) is 5.77. The van der Waals surface area contributed by atoms with Gasteiger partial charge in [0.25, 0.3) is 5.91 Å². The molecule has 3 N–H and O–H groups in total. The number of fused-ring (bicyclic) bond motifs is 1. The summed E-state index contributed by atoms with van der Waals surface area (Å²) in [6.45, 7) is 8.16. The first-order valence-electron chi connectivity index (χ1n) is 10.9. The summed E-state index contributed by atoms with van der Waals surface area (Å²) in [6, 6.07) is 13.0. The van der Waals surface area contributed by atoms with Crippen molar-refractivity contribution in [2.75, 3.05) is 18.5 Å². The fourth-order valence-electron chi connectivity index (χ4n) is 3.30. The van der Waals surface area contributed by atoms with E-state index >= 15 is 0 Å². The maximum Gasteiger partial charge on any atom is 0.258 e. The second-order valence-electron chi connectivity index (χ2n) is 8.60. The van der Waals surface area contributed by atoms with Gasteiger partial charge in [-0.2, -0.15) is 10.3 Å². The van der Waals surface area contributed by atoms with E-state index in [1.54, 1.807) is 18.3 Å². The normalized spacial score (nSPS) is 11.3. The minimum absolute atomic E-state index is 0.0849. The molecule has 0 atom stereocenters. The lowest BCUT2D eigenvalue weighted by Crippen LogP contribution is -2.43. The topological polar surface area (TPSA) is 127 Å². The summed E-state index contributed by atoms with van der Waals surface area (Å²) in [6.07, 6.45) is 1.57. The number of nitrogens with zero attached hydrogens (tertiary/aromatic N) is 4. The third-order valence-electron chi connectivity index (χ3n) is 4.62. The van der Waals surface area contributed by atoms with Gasteiger partial charge in [-0.15, -0.1) is 5.10 Å². The number of amides is 1. The fourth-order valence-corrected chi connectivity index (χ4v) is 3.30. The Morgan fingerprint density at radius 2 is 1.88 bits per heavy atom. The highest BCUT2D eigenvalue weighted by atomic mass is 16.5. The first-order valence-corrected chi connectivity index (χ1v) is 10.9. The highest BCUT2D eigenvalue weighted by Crippen LogP contribution is 2.30. The summed E-state index contributed by atoms with van der Waals surface area (Å²) in [5.41, 5.74) is 1.15. The van der Waals surface area contributed by atoms with Gasteiger partial charge in [0.15, 0.2) is 18.2 Å². The lowest BCUT2D eigenvalue weighted by atomic mass is 10.1. The van der Waals surface area contributed by atoms with E-state index in [0.717, 1.165) is 22.2 Å². The number of H-pyrrole nitrogens is 1. The molecule has 176 valence electrons. The molecule has 0 spiro atoms. The number of hydrogen-bond acceptors (Lipinski definition) is 8. The van der Waals surface area contributed by atoms with Crippen LogP contribution in [0.15, 0.2) is 48.7 Å². The highest BCUT2D eigenvalue weighted by molar-refractivity contribution is 5.93. The summed E-state index contributed by atoms with van der Waals surface area (Å²) in [5.74, 6) is 2.65. The molecular weight excluding hydrogens is 434 g/mol. The molecular formula is C24H27N7O3. The SMILES string of the molecule is CCOc1ccc2nc(-c3cccc(OCC(=O)NC(C)(C)C)c3)nc(Nc3cn[nH]n3)c2c1. The van der Waals surface area contributed by atoms with Crippen LogP contribution in [-0.2, 0) is 4.79 Å².